The molecule has 164 valence electrons. The van der Waals surface area contributed by atoms with Crippen LogP contribution in [0.25, 0.3) is 17.1 Å². The molecule has 2 N–H and O–H groups in total. The van der Waals surface area contributed by atoms with Crippen LogP contribution < -0.4 is 10.1 Å². The first-order chi connectivity index (χ1) is 15.5. The molecule has 0 bridgehead atoms. The summed E-state index contributed by atoms with van der Waals surface area (Å²) in [6.07, 6.45) is 9.22. The van der Waals surface area contributed by atoms with E-state index in [2.05, 4.69) is 37.2 Å². The number of amides is 1. The number of piperidine rings is 1. The van der Waals surface area contributed by atoms with E-state index in [4.69, 9.17) is 4.74 Å². The van der Waals surface area contributed by atoms with E-state index in [0.29, 0.717) is 10.1 Å². The van der Waals surface area contributed by atoms with Crippen molar-refractivity contribution in [2.45, 2.75) is 25.9 Å². The number of hydrogen-bond acceptors (Lipinski definition) is 7. The monoisotopic (exact) mass is 448 g/mol. The summed E-state index contributed by atoms with van der Waals surface area (Å²) < 4.78 is 6.17. The molecule has 4 heterocycles. The standard InChI is InChI=1S/C23H24N6O2S/c1-14-9-17(31-16-5-7-29(2)8-6-16)3-4-19(14)27-23-28-22(30)20(32-23)10-15-11-25-21-18(15)12-24-13-26-21/h3-4,9-13,16H,5-8H2,1-2H3,(H,24,25,26)(H,27,28,30). The lowest BCUT2D eigenvalue weighted by Crippen LogP contribution is -2.35. The number of rotatable bonds is 4. The molecule has 1 amide bonds. The molecule has 8 nitrogen and oxygen atoms in total. The summed E-state index contributed by atoms with van der Waals surface area (Å²) in [6, 6.07) is 5.91. The summed E-state index contributed by atoms with van der Waals surface area (Å²) in [6.45, 7) is 4.13. The first-order valence-electron chi connectivity index (χ1n) is 10.6. The van der Waals surface area contributed by atoms with Crippen LogP contribution in [0.4, 0.5) is 5.69 Å². The number of nitrogens with one attached hydrogen (secondary N) is 2. The average Bonchev–Trinajstić information content (AvgIpc) is 3.35. The van der Waals surface area contributed by atoms with E-state index in [1.54, 1.807) is 6.20 Å². The molecular formula is C23H24N6O2S. The Morgan fingerprint density at radius 3 is 2.97 bits per heavy atom. The number of H-pyrrole nitrogens is 1. The van der Waals surface area contributed by atoms with Gasteiger partial charge in [0.05, 0.1) is 10.6 Å². The van der Waals surface area contributed by atoms with Crippen molar-refractivity contribution >= 4 is 45.6 Å². The molecule has 5 rings (SSSR count). The number of nitrogens with zero attached hydrogens (tertiary/aromatic N) is 4. The van der Waals surface area contributed by atoms with Crippen molar-refractivity contribution < 1.29 is 9.53 Å². The van der Waals surface area contributed by atoms with Crippen LogP contribution in [-0.4, -0.2) is 57.2 Å². The molecule has 2 saturated heterocycles. The molecule has 2 aromatic heterocycles. The Morgan fingerprint density at radius 1 is 1.31 bits per heavy atom. The number of aromatic amines is 1. The molecule has 0 spiro atoms. The number of carbonyl (C=O) groups is 1. The van der Waals surface area contributed by atoms with E-state index in [1.807, 2.05) is 37.4 Å². The van der Waals surface area contributed by atoms with Crippen LogP contribution in [0, 0.1) is 6.92 Å². The quantitative estimate of drug-likeness (QED) is 0.592. The number of amidine groups is 1. The van der Waals surface area contributed by atoms with Gasteiger partial charge in [-0.05, 0) is 68.4 Å². The molecule has 9 heteroatoms. The van der Waals surface area contributed by atoms with Crippen molar-refractivity contribution in [3.8, 4) is 5.75 Å². The largest absolute Gasteiger partial charge is 0.490 e. The smallest absolute Gasteiger partial charge is 0.264 e. The minimum Gasteiger partial charge on any atom is -0.490 e. The topological polar surface area (TPSA) is 95.5 Å². The van der Waals surface area contributed by atoms with Crippen LogP contribution in [-0.2, 0) is 4.79 Å². The van der Waals surface area contributed by atoms with E-state index in [9.17, 15) is 4.79 Å². The Balaban J connectivity index is 1.30. The van der Waals surface area contributed by atoms with Crippen molar-refractivity contribution in [2.24, 2.45) is 4.99 Å². The van der Waals surface area contributed by atoms with Crippen LogP contribution >= 0.6 is 11.8 Å². The Kier molecular flexibility index (Phi) is 5.67. The SMILES string of the molecule is Cc1cc(OC2CCN(C)CC2)ccc1N=C1NC(=O)C(=Cc2c[nH]c3ncncc23)S1. The second-order valence-electron chi connectivity index (χ2n) is 8.08. The van der Waals surface area contributed by atoms with Gasteiger partial charge in [-0.1, -0.05) is 0 Å². The number of thioether (sulfide) groups is 1. The molecule has 0 unspecified atom stereocenters. The van der Waals surface area contributed by atoms with Gasteiger partial charge >= 0.3 is 0 Å². The third kappa shape index (κ3) is 4.39. The van der Waals surface area contributed by atoms with Gasteiger partial charge in [-0.15, -0.1) is 0 Å². The van der Waals surface area contributed by atoms with Crippen LogP contribution in [0.2, 0.25) is 0 Å². The minimum atomic E-state index is -0.167. The Hall–Kier alpha value is -3.17. The van der Waals surface area contributed by atoms with Gasteiger partial charge in [0, 0.05) is 36.4 Å². The van der Waals surface area contributed by atoms with E-state index in [0.717, 1.165) is 59.5 Å². The molecular weight excluding hydrogens is 424 g/mol. The third-order valence-corrected chi connectivity index (χ3v) is 6.59. The molecule has 32 heavy (non-hydrogen) atoms. The van der Waals surface area contributed by atoms with Crippen molar-refractivity contribution in [2.75, 3.05) is 20.1 Å². The maximum Gasteiger partial charge on any atom is 0.264 e. The van der Waals surface area contributed by atoms with Gasteiger partial charge in [-0.2, -0.15) is 0 Å². The highest BCUT2D eigenvalue weighted by Crippen LogP contribution is 2.32. The minimum absolute atomic E-state index is 0.167. The van der Waals surface area contributed by atoms with Gasteiger partial charge in [-0.25, -0.2) is 15.0 Å². The highest BCUT2D eigenvalue weighted by atomic mass is 32.2. The number of ether oxygens (including phenoxy) is 1. The zero-order chi connectivity index (χ0) is 22.1. The number of aromatic nitrogens is 3. The number of aryl methyl sites for hydroxylation is 1. The van der Waals surface area contributed by atoms with E-state index >= 15 is 0 Å². The van der Waals surface area contributed by atoms with Crippen LogP contribution in [0.15, 0.2) is 46.8 Å². The Morgan fingerprint density at radius 2 is 2.16 bits per heavy atom. The summed E-state index contributed by atoms with van der Waals surface area (Å²) in [5, 5.41) is 4.28. The summed E-state index contributed by atoms with van der Waals surface area (Å²) in [5.74, 6) is 0.700. The van der Waals surface area contributed by atoms with E-state index in [1.165, 1.54) is 18.1 Å². The predicted molar refractivity (Wildman–Crippen MR) is 127 cm³/mol. The summed E-state index contributed by atoms with van der Waals surface area (Å²) in [4.78, 5) is 31.4. The lowest BCUT2D eigenvalue weighted by Gasteiger charge is -2.29. The predicted octanol–water partition coefficient (Wildman–Crippen LogP) is 3.63. The van der Waals surface area contributed by atoms with Gasteiger partial charge in [0.25, 0.3) is 5.91 Å². The van der Waals surface area contributed by atoms with Crippen LogP contribution in [0.1, 0.15) is 24.0 Å². The normalized spacial score (nSPS) is 20.4. The fourth-order valence-corrected chi connectivity index (χ4v) is 4.68. The average molecular weight is 449 g/mol. The summed E-state index contributed by atoms with van der Waals surface area (Å²) in [5.41, 5.74) is 3.42. The lowest BCUT2D eigenvalue weighted by atomic mass is 10.1. The number of likely N-dealkylation sites (tertiary alicyclic amines) is 1. The molecule has 3 aromatic rings. The molecule has 1 aromatic carbocycles. The van der Waals surface area contributed by atoms with Crippen molar-refractivity contribution in [3.63, 3.8) is 0 Å². The number of benzene rings is 1. The molecule has 0 saturated carbocycles. The number of fused-ring (bicyclic) bond motifs is 1. The second kappa shape index (κ2) is 8.76. The first-order valence-corrected chi connectivity index (χ1v) is 11.4. The molecule has 0 atom stereocenters. The number of carbonyl (C=O) groups excluding carboxylic acids is 1. The fraction of sp³-hybridized carbons (Fsp3) is 0.304. The van der Waals surface area contributed by atoms with Crippen LogP contribution in [0.5, 0.6) is 5.75 Å². The van der Waals surface area contributed by atoms with Gasteiger partial charge in [0.1, 0.15) is 23.8 Å². The first kappa shape index (κ1) is 20.7. The van der Waals surface area contributed by atoms with Gasteiger partial charge in [0.2, 0.25) is 0 Å². The van der Waals surface area contributed by atoms with Crippen molar-refractivity contribution in [1.82, 2.24) is 25.2 Å². The Bertz CT molecular complexity index is 1230. The summed E-state index contributed by atoms with van der Waals surface area (Å²) in [7, 11) is 2.14. The van der Waals surface area contributed by atoms with Gasteiger partial charge in [0.15, 0.2) is 5.17 Å². The molecule has 0 aliphatic carbocycles. The fourth-order valence-electron chi connectivity index (χ4n) is 3.85. The van der Waals surface area contributed by atoms with Gasteiger partial charge in [-0.3, -0.25) is 4.79 Å². The van der Waals surface area contributed by atoms with Gasteiger partial charge < -0.3 is 19.9 Å². The highest BCUT2D eigenvalue weighted by Gasteiger charge is 2.24. The lowest BCUT2D eigenvalue weighted by molar-refractivity contribution is -0.115. The maximum atomic E-state index is 12.5. The highest BCUT2D eigenvalue weighted by molar-refractivity contribution is 8.18. The molecule has 0 radical (unpaired) electrons. The van der Waals surface area contributed by atoms with Crippen molar-refractivity contribution in [3.05, 3.63) is 53.0 Å². The van der Waals surface area contributed by atoms with Crippen LogP contribution in [0.3, 0.4) is 0 Å². The molecule has 2 aliphatic rings. The Labute approximate surface area is 190 Å². The molecule has 2 fully saturated rings. The maximum absolute atomic E-state index is 12.5. The van der Waals surface area contributed by atoms with Crippen molar-refractivity contribution in [1.29, 1.82) is 0 Å². The van der Waals surface area contributed by atoms with E-state index < -0.39 is 0 Å². The number of aliphatic imine (C=N–C) groups is 1. The third-order valence-electron chi connectivity index (χ3n) is 5.68. The zero-order valence-corrected chi connectivity index (χ0v) is 18.8. The number of hydrogen-bond donors (Lipinski definition) is 2. The zero-order valence-electron chi connectivity index (χ0n) is 18.0. The molecule has 2 aliphatic heterocycles. The second-order valence-corrected chi connectivity index (χ2v) is 9.11. The van der Waals surface area contributed by atoms with E-state index in [-0.39, 0.29) is 12.0 Å². The summed E-state index contributed by atoms with van der Waals surface area (Å²) >= 11 is 1.32.